The molecule has 4 aliphatic rings. The molecule has 3 saturated carbocycles. The summed E-state index contributed by atoms with van der Waals surface area (Å²) in [6.45, 7) is 4.42. The lowest BCUT2D eigenvalue weighted by atomic mass is 9.47. The Labute approximate surface area is 138 Å². The van der Waals surface area contributed by atoms with Gasteiger partial charge in [0.1, 0.15) is 0 Å². The number of aliphatic hydroxyl groups is 1. The number of allylic oxidation sites excluding steroid dienone is 4. The summed E-state index contributed by atoms with van der Waals surface area (Å²) in [5.41, 5.74) is -0.138. The first kappa shape index (κ1) is 15.1. The predicted octanol–water partition coefficient (Wildman–Crippen LogP) is 3.55. The molecule has 0 aromatic heterocycles. The number of ketones is 1. The van der Waals surface area contributed by atoms with E-state index in [0.29, 0.717) is 24.2 Å². The van der Waals surface area contributed by atoms with Gasteiger partial charge in [-0.3, -0.25) is 4.79 Å². The van der Waals surface area contributed by atoms with Crippen LogP contribution in [0.25, 0.3) is 0 Å². The van der Waals surface area contributed by atoms with Gasteiger partial charge in [-0.1, -0.05) is 25.5 Å². The van der Waals surface area contributed by atoms with Gasteiger partial charge in [-0.2, -0.15) is 5.26 Å². The largest absolute Gasteiger partial charge is 0.375 e. The second-order valence-corrected chi connectivity index (χ2v) is 8.57. The van der Waals surface area contributed by atoms with Crippen LogP contribution in [0.5, 0.6) is 0 Å². The van der Waals surface area contributed by atoms with E-state index in [9.17, 15) is 15.2 Å². The van der Waals surface area contributed by atoms with E-state index in [2.05, 4.69) is 26.0 Å². The normalized spacial score (nSPS) is 51.3. The summed E-state index contributed by atoms with van der Waals surface area (Å²) in [6.07, 6.45) is 11.3. The summed E-state index contributed by atoms with van der Waals surface area (Å²) >= 11 is 0. The standard InChI is InChI=1S/C20H25NO2/c1-18-8-5-14(22)11-13(18)3-4-15-16(18)6-9-19(2)17(15)7-10-20(19,23)12-21/h5,8,11,15-17,23H,3-4,6-7,9-10H2,1-2H3. The van der Waals surface area contributed by atoms with E-state index in [4.69, 9.17) is 0 Å². The van der Waals surface area contributed by atoms with Crippen molar-refractivity contribution < 1.29 is 9.90 Å². The first-order valence-electron chi connectivity index (χ1n) is 8.92. The monoisotopic (exact) mass is 311 g/mol. The highest BCUT2D eigenvalue weighted by Gasteiger charge is 2.64. The molecule has 1 N–H and O–H groups in total. The van der Waals surface area contributed by atoms with Crippen LogP contribution in [0.2, 0.25) is 0 Å². The van der Waals surface area contributed by atoms with Gasteiger partial charge < -0.3 is 5.11 Å². The minimum Gasteiger partial charge on any atom is -0.375 e. The van der Waals surface area contributed by atoms with Gasteiger partial charge in [-0.05, 0) is 68.4 Å². The molecule has 0 aromatic rings. The quantitative estimate of drug-likeness (QED) is 0.696. The lowest BCUT2D eigenvalue weighted by Crippen LogP contribution is -2.53. The predicted molar refractivity (Wildman–Crippen MR) is 87.2 cm³/mol. The average Bonchev–Trinajstić information content (AvgIpc) is 2.80. The van der Waals surface area contributed by atoms with Crippen molar-refractivity contribution in [2.75, 3.05) is 0 Å². The third kappa shape index (κ3) is 1.76. The summed E-state index contributed by atoms with van der Waals surface area (Å²) in [4.78, 5) is 11.7. The highest BCUT2D eigenvalue weighted by atomic mass is 16.3. The first-order valence-corrected chi connectivity index (χ1v) is 8.92. The van der Waals surface area contributed by atoms with Crippen molar-refractivity contribution in [1.29, 1.82) is 5.26 Å². The highest BCUT2D eigenvalue weighted by molar-refractivity contribution is 6.01. The molecule has 4 aliphatic carbocycles. The number of hydrogen-bond acceptors (Lipinski definition) is 3. The molecule has 23 heavy (non-hydrogen) atoms. The van der Waals surface area contributed by atoms with Crippen LogP contribution >= 0.6 is 0 Å². The zero-order valence-corrected chi connectivity index (χ0v) is 14.0. The number of rotatable bonds is 0. The molecular formula is C20H25NO2. The molecule has 0 aromatic carbocycles. The van der Waals surface area contributed by atoms with Gasteiger partial charge in [0.15, 0.2) is 11.4 Å². The van der Waals surface area contributed by atoms with Gasteiger partial charge in [0, 0.05) is 10.8 Å². The number of fused-ring (bicyclic) bond motifs is 5. The van der Waals surface area contributed by atoms with Crippen LogP contribution in [0.15, 0.2) is 23.8 Å². The van der Waals surface area contributed by atoms with Gasteiger partial charge in [0.2, 0.25) is 0 Å². The van der Waals surface area contributed by atoms with E-state index in [0.717, 1.165) is 32.1 Å². The van der Waals surface area contributed by atoms with Crippen LogP contribution in [0.1, 0.15) is 52.4 Å². The molecule has 0 radical (unpaired) electrons. The Morgan fingerprint density at radius 3 is 2.70 bits per heavy atom. The van der Waals surface area contributed by atoms with Crippen molar-refractivity contribution >= 4 is 5.78 Å². The molecule has 4 rings (SSSR count). The van der Waals surface area contributed by atoms with Gasteiger partial charge in [0.05, 0.1) is 6.07 Å². The first-order chi connectivity index (χ1) is 10.8. The molecular weight excluding hydrogens is 286 g/mol. The third-order valence-electron chi connectivity index (χ3n) is 7.89. The number of nitrogens with zero attached hydrogens (tertiary/aromatic N) is 1. The van der Waals surface area contributed by atoms with E-state index in [-0.39, 0.29) is 16.6 Å². The maximum Gasteiger partial charge on any atom is 0.178 e. The fourth-order valence-electron chi connectivity index (χ4n) is 6.40. The second kappa shape index (κ2) is 4.57. The van der Waals surface area contributed by atoms with Crippen LogP contribution in [-0.2, 0) is 4.79 Å². The van der Waals surface area contributed by atoms with Crippen LogP contribution in [0.3, 0.4) is 0 Å². The average molecular weight is 311 g/mol. The molecule has 3 nitrogen and oxygen atoms in total. The van der Waals surface area contributed by atoms with E-state index in [1.165, 1.54) is 5.57 Å². The topological polar surface area (TPSA) is 61.1 Å². The summed E-state index contributed by atoms with van der Waals surface area (Å²) in [7, 11) is 0. The van der Waals surface area contributed by atoms with Crippen LogP contribution < -0.4 is 0 Å². The van der Waals surface area contributed by atoms with E-state index in [1.54, 1.807) is 6.08 Å². The third-order valence-corrected chi connectivity index (χ3v) is 7.89. The fourth-order valence-corrected chi connectivity index (χ4v) is 6.40. The zero-order chi connectivity index (χ0) is 16.5. The fraction of sp³-hybridized carbons (Fsp3) is 0.700. The maximum absolute atomic E-state index is 11.7. The van der Waals surface area contributed by atoms with Gasteiger partial charge >= 0.3 is 0 Å². The number of carbonyl (C=O) groups excluding carboxylic acids is 1. The van der Waals surface area contributed by atoms with E-state index < -0.39 is 5.60 Å². The maximum atomic E-state index is 11.7. The Kier molecular flexibility index (Phi) is 3.01. The molecule has 0 saturated heterocycles. The zero-order valence-electron chi connectivity index (χ0n) is 14.0. The van der Waals surface area contributed by atoms with Crippen molar-refractivity contribution in [2.45, 2.75) is 58.0 Å². The van der Waals surface area contributed by atoms with E-state index in [1.807, 2.05) is 6.08 Å². The van der Waals surface area contributed by atoms with Crippen LogP contribution in [-0.4, -0.2) is 16.5 Å². The highest BCUT2D eigenvalue weighted by Crippen LogP contribution is 2.66. The summed E-state index contributed by atoms with van der Waals surface area (Å²) in [6, 6.07) is 2.23. The molecule has 6 atom stereocenters. The number of nitriles is 1. The molecule has 0 spiro atoms. The van der Waals surface area contributed by atoms with Crippen molar-refractivity contribution in [2.24, 2.45) is 28.6 Å². The molecule has 3 heteroatoms. The summed E-state index contributed by atoms with van der Waals surface area (Å²) in [5.74, 6) is 1.63. The Morgan fingerprint density at radius 2 is 1.96 bits per heavy atom. The minimum absolute atomic E-state index is 0.00843. The SMILES string of the molecule is CC12C=CC(=O)C=C1CCC1C2CCC2(C)C1CCC2(O)C#N. The smallest absolute Gasteiger partial charge is 0.178 e. The summed E-state index contributed by atoms with van der Waals surface area (Å²) in [5, 5.41) is 20.4. The van der Waals surface area contributed by atoms with Crippen LogP contribution in [0.4, 0.5) is 0 Å². The molecule has 0 bridgehead atoms. The Balaban J connectivity index is 1.72. The van der Waals surface area contributed by atoms with Crippen LogP contribution in [0, 0.1) is 39.9 Å². The minimum atomic E-state index is -1.15. The van der Waals surface area contributed by atoms with E-state index >= 15 is 0 Å². The van der Waals surface area contributed by atoms with Crippen molar-refractivity contribution in [3.8, 4) is 6.07 Å². The van der Waals surface area contributed by atoms with Gasteiger partial charge in [-0.15, -0.1) is 0 Å². The summed E-state index contributed by atoms with van der Waals surface area (Å²) < 4.78 is 0. The second-order valence-electron chi connectivity index (χ2n) is 8.57. The Morgan fingerprint density at radius 1 is 1.22 bits per heavy atom. The Bertz CT molecular complexity index is 672. The molecule has 0 heterocycles. The van der Waals surface area contributed by atoms with Gasteiger partial charge in [0.25, 0.3) is 0 Å². The Hall–Kier alpha value is -1.40. The molecule has 0 amide bonds. The van der Waals surface area contributed by atoms with Crippen molar-refractivity contribution in [3.05, 3.63) is 23.8 Å². The molecule has 0 aliphatic heterocycles. The molecule has 6 unspecified atom stereocenters. The molecule has 3 fully saturated rings. The lowest BCUT2D eigenvalue weighted by Gasteiger charge is -2.57. The molecule has 122 valence electrons. The van der Waals surface area contributed by atoms with Crippen molar-refractivity contribution in [1.82, 2.24) is 0 Å². The van der Waals surface area contributed by atoms with Gasteiger partial charge in [-0.25, -0.2) is 0 Å². The lowest BCUT2D eigenvalue weighted by molar-refractivity contribution is -0.111. The number of hydrogen-bond donors (Lipinski definition) is 1. The van der Waals surface area contributed by atoms with Crippen molar-refractivity contribution in [3.63, 3.8) is 0 Å². The number of carbonyl (C=O) groups is 1.